The first-order chi connectivity index (χ1) is 12.1. The number of rotatable bonds is 3. The summed E-state index contributed by atoms with van der Waals surface area (Å²) in [5, 5.41) is 8.91. The van der Waals surface area contributed by atoms with Crippen LogP contribution in [0.3, 0.4) is 0 Å². The third-order valence-electron chi connectivity index (χ3n) is 5.28. The van der Waals surface area contributed by atoms with Crippen molar-refractivity contribution >= 4 is 29.2 Å². The molecule has 1 aromatic heterocycles. The molecule has 1 N–H and O–H groups in total. The zero-order valence-corrected chi connectivity index (χ0v) is 15.2. The van der Waals surface area contributed by atoms with Crippen molar-refractivity contribution in [2.24, 2.45) is 11.8 Å². The zero-order chi connectivity index (χ0) is 17.4. The Hall–Kier alpha value is -1.56. The normalized spacial score (nSPS) is 25.4. The molecular formula is C18H20Cl2N4O. The third kappa shape index (κ3) is 3.68. The lowest BCUT2D eigenvalue weighted by atomic mass is 10.0. The van der Waals surface area contributed by atoms with Crippen molar-refractivity contribution in [3.8, 4) is 0 Å². The molecule has 2 fully saturated rings. The van der Waals surface area contributed by atoms with Gasteiger partial charge in [0.25, 0.3) is 0 Å². The van der Waals surface area contributed by atoms with Gasteiger partial charge in [-0.25, -0.2) is 4.79 Å². The van der Waals surface area contributed by atoms with Gasteiger partial charge in [0, 0.05) is 30.7 Å². The average Bonchev–Trinajstić information content (AvgIpc) is 3.28. The Labute approximate surface area is 156 Å². The molecule has 3 atom stereocenters. The van der Waals surface area contributed by atoms with E-state index < -0.39 is 0 Å². The Morgan fingerprint density at radius 3 is 2.40 bits per heavy atom. The van der Waals surface area contributed by atoms with Crippen LogP contribution in [0.5, 0.6) is 0 Å². The molecule has 1 aromatic carbocycles. The van der Waals surface area contributed by atoms with Gasteiger partial charge >= 0.3 is 6.03 Å². The standard InChI is InChI=1S/C18H20Cl2N4O/c19-15-3-1-12(2-4-15)7-21-17-5-13-9-23(10-14(13)6-17)18(25)24-11-16(20)8-22-24/h1-4,8,11,13-14,17,21H,5-7,9-10H2/t13-,14+,17+. The van der Waals surface area contributed by atoms with Gasteiger partial charge in [-0.2, -0.15) is 9.78 Å². The highest BCUT2D eigenvalue weighted by molar-refractivity contribution is 6.30. The number of fused-ring (bicyclic) bond motifs is 1. The van der Waals surface area contributed by atoms with Gasteiger partial charge in [0.15, 0.2) is 0 Å². The van der Waals surface area contributed by atoms with Crippen molar-refractivity contribution in [3.63, 3.8) is 0 Å². The van der Waals surface area contributed by atoms with Crippen LogP contribution in [0.2, 0.25) is 10.0 Å². The maximum Gasteiger partial charge on any atom is 0.344 e. The lowest BCUT2D eigenvalue weighted by Crippen LogP contribution is -2.35. The largest absolute Gasteiger partial charge is 0.344 e. The minimum Gasteiger partial charge on any atom is -0.322 e. The molecule has 2 aliphatic rings. The zero-order valence-electron chi connectivity index (χ0n) is 13.7. The maximum absolute atomic E-state index is 12.5. The number of amides is 1. The van der Waals surface area contributed by atoms with E-state index in [-0.39, 0.29) is 6.03 Å². The highest BCUT2D eigenvalue weighted by Gasteiger charge is 2.42. The molecule has 25 heavy (non-hydrogen) atoms. The highest BCUT2D eigenvalue weighted by Crippen LogP contribution is 2.38. The Morgan fingerprint density at radius 1 is 1.12 bits per heavy atom. The molecule has 5 nitrogen and oxygen atoms in total. The van der Waals surface area contributed by atoms with E-state index in [2.05, 4.69) is 22.5 Å². The summed E-state index contributed by atoms with van der Waals surface area (Å²) in [7, 11) is 0. The van der Waals surface area contributed by atoms with Crippen LogP contribution in [-0.4, -0.2) is 39.8 Å². The molecule has 7 heteroatoms. The van der Waals surface area contributed by atoms with E-state index >= 15 is 0 Å². The number of aromatic nitrogens is 2. The average molecular weight is 379 g/mol. The molecule has 132 valence electrons. The number of carbonyl (C=O) groups is 1. The van der Waals surface area contributed by atoms with Gasteiger partial charge in [0.2, 0.25) is 0 Å². The number of hydrogen-bond donors (Lipinski definition) is 1. The second-order valence-corrected chi connectivity index (χ2v) is 7.86. The van der Waals surface area contributed by atoms with Crippen molar-refractivity contribution in [2.45, 2.75) is 25.4 Å². The van der Waals surface area contributed by atoms with Crippen molar-refractivity contribution in [2.75, 3.05) is 13.1 Å². The number of hydrogen-bond acceptors (Lipinski definition) is 3. The van der Waals surface area contributed by atoms with Crippen LogP contribution < -0.4 is 5.32 Å². The second kappa shape index (κ2) is 6.98. The Bertz CT molecular complexity index is 747. The Balaban J connectivity index is 1.28. The fraction of sp³-hybridized carbons (Fsp3) is 0.444. The van der Waals surface area contributed by atoms with E-state index in [1.165, 1.54) is 16.4 Å². The van der Waals surface area contributed by atoms with Crippen LogP contribution in [-0.2, 0) is 6.54 Å². The van der Waals surface area contributed by atoms with Crippen molar-refractivity contribution < 1.29 is 4.79 Å². The summed E-state index contributed by atoms with van der Waals surface area (Å²) in [6.07, 6.45) is 5.28. The van der Waals surface area contributed by atoms with Crippen molar-refractivity contribution in [1.29, 1.82) is 0 Å². The fourth-order valence-electron chi connectivity index (χ4n) is 4.04. The number of likely N-dealkylation sites (tertiary alicyclic amines) is 1. The molecular weight excluding hydrogens is 359 g/mol. The summed E-state index contributed by atoms with van der Waals surface area (Å²) in [6.45, 7) is 2.47. The van der Waals surface area contributed by atoms with Crippen LogP contribution in [0.1, 0.15) is 18.4 Å². The molecule has 1 amide bonds. The second-order valence-electron chi connectivity index (χ2n) is 6.99. The SMILES string of the molecule is O=C(N1C[C@H]2C[C@H](NCc3ccc(Cl)cc3)C[C@H]2C1)n1cc(Cl)cn1. The van der Waals surface area contributed by atoms with E-state index in [0.717, 1.165) is 37.5 Å². The van der Waals surface area contributed by atoms with E-state index in [0.29, 0.717) is 22.9 Å². The van der Waals surface area contributed by atoms with Crippen molar-refractivity contribution in [3.05, 3.63) is 52.3 Å². The van der Waals surface area contributed by atoms with Crippen LogP contribution in [0, 0.1) is 11.8 Å². The minimum atomic E-state index is -0.0769. The Morgan fingerprint density at radius 2 is 1.80 bits per heavy atom. The number of halogens is 2. The lowest BCUT2D eigenvalue weighted by molar-refractivity contribution is 0.202. The predicted molar refractivity (Wildman–Crippen MR) is 97.9 cm³/mol. The summed E-state index contributed by atoms with van der Waals surface area (Å²) >= 11 is 11.8. The molecule has 2 heterocycles. The summed E-state index contributed by atoms with van der Waals surface area (Å²) < 4.78 is 1.33. The summed E-state index contributed by atoms with van der Waals surface area (Å²) in [6, 6.07) is 8.40. The van der Waals surface area contributed by atoms with Gasteiger partial charge in [-0.1, -0.05) is 35.3 Å². The van der Waals surface area contributed by atoms with E-state index in [1.807, 2.05) is 17.0 Å². The molecule has 1 saturated carbocycles. The van der Waals surface area contributed by atoms with E-state index in [1.54, 1.807) is 6.20 Å². The first-order valence-electron chi connectivity index (χ1n) is 8.56. The predicted octanol–water partition coefficient (Wildman–Crippen LogP) is 3.66. The molecule has 0 radical (unpaired) electrons. The highest BCUT2D eigenvalue weighted by atomic mass is 35.5. The minimum absolute atomic E-state index is 0.0769. The molecule has 1 aliphatic carbocycles. The van der Waals surface area contributed by atoms with Crippen LogP contribution >= 0.6 is 23.2 Å². The number of benzene rings is 1. The van der Waals surface area contributed by atoms with Crippen LogP contribution in [0.4, 0.5) is 4.79 Å². The van der Waals surface area contributed by atoms with Gasteiger partial charge in [-0.3, -0.25) is 0 Å². The number of nitrogens with one attached hydrogen (secondary N) is 1. The van der Waals surface area contributed by atoms with Gasteiger partial charge in [-0.05, 0) is 42.4 Å². The van der Waals surface area contributed by atoms with Gasteiger partial charge in [0.1, 0.15) is 0 Å². The maximum atomic E-state index is 12.5. The molecule has 0 unspecified atom stereocenters. The molecule has 1 aliphatic heterocycles. The first kappa shape index (κ1) is 16.9. The summed E-state index contributed by atoms with van der Waals surface area (Å²) in [4.78, 5) is 14.3. The van der Waals surface area contributed by atoms with E-state index in [9.17, 15) is 4.79 Å². The third-order valence-corrected chi connectivity index (χ3v) is 5.72. The van der Waals surface area contributed by atoms with Crippen molar-refractivity contribution in [1.82, 2.24) is 20.0 Å². The summed E-state index contributed by atoms with van der Waals surface area (Å²) in [5.74, 6) is 1.13. The monoisotopic (exact) mass is 378 g/mol. The van der Waals surface area contributed by atoms with Gasteiger partial charge in [-0.15, -0.1) is 0 Å². The molecule has 4 rings (SSSR count). The molecule has 0 bridgehead atoms. The van der Waals surface area contributed by atoms with Crippen LogP contribution in [0.15, 0.2) is 36.7 Å². The quantitative estimate of drug-likeness (QED) is 0.886. The molecule has 0 spiro atoms. The fourth-order valence-corrected chi connectivity index (χ4v) is 4.30. The number of nitrogens with zero attached hydrogens (tertiary/aromatic N) is 3. The van der Waals surface area contributed by atoms with Gasteiger partial charge in [0.05, 0.1) is 17.4 Å². The lowest BCUT2D eigenvalue weighted by Gasteiger charge is -2.19. The summed E-state index contributed by atoms with van der Waals surface area (Å²) in [5.41, 5.74) is 1.24. The first-order valence-corrected chi connectivity index (χ1v) is 9.31. The smallest absolute Gasteiger partial charge is 0.322 e. The molecule has 2 aromatic rings. The van der Waals surface area contributed by atoms with Crippen LogP contribution in [0.25, 0.3) is 0 Å². The topological polar surface area (TPSA) is 50.2 Å². The van der Waals surface area contributed by atoms with Gasteiger partial charge < -0.3 is 10.2 Å². The van der Waals surface area contributed by atoms with E-state index in [4.69, 9.17) is 23.2 Å². The Kier molecular flexibility index (Phi) is 4.71. The molecule has 1 saturated heterocycles. The number of carbonyl (C=O) groups excluding carboxylic acids is 1.